The SMILES string of the molecule is CC(=O)NC1C(Oc2ccc([N+](=O)[O-])cc2)OC2COC(c3ccccc3)OC2C1OC1OC(C)C(OCc2ccccc2)C(OCc2ccccc2)C1OCc1ccccc1. The third-order valence-corrected chi connectivity index (χ3v) is 11.0. The zero-order valence-corrected chi connectivity index (χ0v) is 34.4. The lowest BCUT2D eigenvalue weighted by Gasteiger charge is -2.51. The number of nitrogens with one attached hydrogen (secondary N) is 1. The lowest BCUT2D eigenvalue weighted by molar-refractivity contribution is -0.385. The summed E-state index contributed by atoms with van der Waals surface area (Å²) in [4.78, 5) is 24.0. The molecule has 0 spiro atoms. The lowest BCUT2D eigenvalue weighted by atomic mass is 9.94. The van der Waals surface area contributed by atoms with E-state index in [0.717, 1.165) is 22.3 Å². The van der Waals surface area contributed by atoms with E-state index >= 15 is 0 Å². The molecular formula is C48H50N2O12. The number of benzene rings is 5. The van der Waals surface area contributed by atoms with E-state index < -0.39 is 72.6 Å². The van der Waals surface area contributed by atoms with Gasteiger partial charge in [0.15, 0.2) is 12.6 Å². The van der Waals surface area contributed by atoms with E-state index in [1.54, 1.807) is 0 Å². The molecule has 3 aliphatic rings. The summed E-state index contributed by atoms with van der Waals surface area (Å²) in [5, 5.41) is 14.4. The van der Waals surface area contributed by atoms with Crippen molar-refractivity contribution in [2.24, 2.45) is 0 Å². The Labute approximate surface area is 360 Å². The zero-order chi connectivity index (χ0) is 42.8. The van der Waals surface area contributed by atoms with Gasteiger partial charge in [0, 0.05) is 24.6 Å². The maximum absolute atomic E-state index is 13.1. The van der Waals surface area contributed by atoms with Crippen LogP contribution in [0.1, 0.15) is 42.4 Å². The van der Waals surface area contributed by atoms with E-state index in [4.69, 9.17) is 42.6 Å². The van der Waals surface area contributed by atoms with Crippen LogP contribution >= 0.6 is 0 Å². The normalized spacial score (nSPS) is 28.3. The minimum Gasteiger partial charge on any atom is -0.463 e. The largest absolute Gasteiger partial charge is 0.463 e. The highest BCUT2D eigenvalue weighted by atomic mass is 16.8. The van der Waals surface area contributed by atoms with Gasteiger partial charge < -0.3 is 47.9 Å². The molecule has 3 saturated heterocycles. The van der Waals surface area contributed by atoms with Crippen LogP contribution in [0, 0.1) is 10.1 Å². The topological polar surface area (TPSA) is 155 Å². The van der Waals surface area contributed by atoms with E-state index in [-0.39, 0.29) is 37.2 Å². The smallest absolute Gasteiger partial charge is 0.269 e. The summed E-state index contributed by atoms with van der Waals surface area (Å²) in [6, 6.07) is 43.6. The molecule has 3 heterocycles. The molecule has 1 amide bonds. The minimum atomic E-state index is -1.16. The highest BCUT2D eigenvalue weighted by molar-refractivity contribution is 5.73. The van der Waals surface area contributed by atoms with Crippen molar-refractivity contribution in [1.29, 1.82) is 0 Å². The first kappa shape index (κ1) is 43.1. The molecule has 14 nitrogen and oxygen atoms in total. The second-order valence-electron chi connectivity index (χ2n) is 15.4. The molecule has 5 aromatic carbocycles. The highest BCUT2D eigenvalue weighted by Crippen LogP contribution is 2.39. The molecule has 5 aromatic rings. The number of non-ortho nitro benzene ring substituents is 1. The molecule has 11 unspecified atom stereocenters. The summed E-state index contributed by atoms with van der Waals surface area (Å²) < 4.78 is 60.1. The lowest BCUT2D eigenvalue weighted by Crippen LogP contribution is -2.70. The number of amides is 1. The summed E-state index contributed by atoms with van der Waals surface area (Å²) in [7, 11) is 0. The molecule has 62 heavy (non-hydrogen) atoms. The van der Waals surface area contributed by atoms with Crippen molar-refractivity contribution in [3.05, 3.63) is 178 Å². The van der Waals surface area contributed by atoms with Gasteiger partial charge in [0.25, 0.3) is 5.69 Å². The van der Waals surface area contributed by atoms with Crippen molar-refractivity contribution in [1.82, 2.24) is 5.32 Å². The Morgan fingerprint density at radius 1 is 0.661 bits per heavy atom. The van der Waals surface area contributed by atoms with Crippen LogP contribution in [0.15, 0.2) is 146 Å². The monoisotopic (exact) mass is 846 g/mol. The van der Waals surface area contributed by atoms with Gasteiger partial charge in [0.2, 0.25) is 12.2 Å². The quantitative estimate of drug-likeness (QED) is 0.0789. The summed E-state index contributed by atoms with van der Waals surface area (Å²) in [6.07, 6.45) is -8.39. The molecule has 0 radical (unpaired) electrons. The Balaban J connectivity index is 1.16. The van der Waals surface area contributed by atoms with Crippen molar-refractivity contribution < 1.29 is 52.3 Å². The van der Waals surface area contributed by atoms with Crippen molar-refractivity contribution in [3.8, 4) is 5.75 Å². The zero-order valence-electron chi connectivity index (χ0n) is 34.4. The number of ether oxygens (including phenoxy) is 9. The first-order chi connectivity index (χ1) is 30.3. The summed E-state index contributed by atoms with van der Waals surface area (Å²) in [6.45, 7) is 4.13. The third kappa shape index (κ3) is 10.7. The molecule has 14 heteroatoms. The fourth-order valence-electron chi connectivity index (χ4n) is 7.92. The molecular weight excluding hydrogens is 797 g/mol. The Bertz CT molecular complexity index is 2170. The number of hydrogen-bond donors (Lipinski definition) is 1. The van der Waals surface area contributed by atoms with Crippen LogP contribution in [0.4, 0.5) is 5.69 Å². The van der Waals surface area contributed by atoms with Gasteiger partial charge in [0.1, 0.15) is 48.4 Å². The molecule has 8 rings (SSSR count). The molecule has 0 aliphatic carbocycles. The summed E-state index contributed by atoms with van der Waals surface area (Å²) in [5.74, 6) is -0.116. The van der Waals surface area contributed by atoms with Gasteiger partial charge in [-0.15, -0.1) is 0 Å². The van der Waals surface area contributed by atoms with Crippen molar-refractivity contribution >= 4 is 11.6 Å². The van der Waals surface area contributed by atoms with Crippen LogP contribution in [0.3, 0.4) is 0 Å². The fourth-order valence-corrected chi connectivity index (χ4v) is 7.92. The number of carbonyl (C=O) groups is 1. The van der Waals surface area contributed by atoms with Crippen LogP contribution < -0.4 is 10.1 Å². The number of nitrogens with zero attached hydrogens (tertiary/aromatic N) is 1. The van der Waals surface area contributed by atoms with Gasteiger partial charge in [-0.3, -0.25) is 14.9 Å². The maximum Gasteiger partial charge on any atom is 0.269 e. The van der Waals surface area contributed by atoms with Gasteiger partial charge >= 0.3 is 0 Å². The van der Waals surface area contributed by atoms with Crippen molar-refractivity contribution in [2.75, 3.05) is 6.61 Å². The second kappa shape index (κ2) is 20.5. The van der Waals surface area contributed by atoms with Gasteiger partial charge in [-0.1, -0.05) is 121 Å². The van der Waals surface area contributed by atoms with Crippen LogP contribution in [-0.4, -0.2) is 78.8 Å². The number of nitro groups is 1. The van der Waals surface area contributed by atoms with Gasteiger partial charge in [-0.2, -0.15) is 0 Å². The van der Waals surface area contributed by atoms with Crippen molar-refractivity contribution in [3.63, 3.8) is 0 Å². The summed E-state index contributed by atoms with van der Waals surface area (Å²) in [5.41, 5.74) is 3.54. The Kier molecular flexibility index (Phi) is 14.3. The Morgan fingerprint density at radius 3 is 1.74 bits per heavy atom. The van der Waals surface area contributed by atoms with Crippen LogP contribution in [0.25, 0.3) is 0 Å². The Morgan fingerprint density at radius 2 is 1.19 bits per heavy atom. The van der Waals surface area contributed by atoms with E-state index in [0.29, 0.717) is 6.61 Å². The Hall–Kier alpha value is -5.55. The average molecular weight is 847 g/mol. The van der Waals surface area contributed by atoms with Gasteiger partial charge in [-0.05, 0) is 35.7 Å². The molecule has 0 saturated carbocycles. The van der Waals surface area contributed by atoms with E-state index in [1.165, 1.54) is 31.2 Å². The first-order valence-corrected chi connectivity index (χ1v) is 20.7. The molecule has 3 fully saturated rings. The second-order valence-corrected chi connectivity index (χ2v) is 15.4. The molecule has 324 valence electrons. The molecule has 1 N–H and O–H groups in total. The number of rotatable bonds is 16. The van der Waals surface area contributed by atoms with E-state index in [9.17, 15) is 14.9 Å². The average Bonchev–Trinajstić information content (AvgIpc) is 3.30. The van der Waals surface area contributed by atoms with Gasteiger partial charge in [-0.25, -0.2) is 0 Å². The predicted octanol–water partition coefficient (Wildman–Crippen LogP) is 7.20. The van der Waals surface area contributed by atoms with Crippen LogP contribution in [0.5, 0.6) is 5.75 Å². The maximum atomic E-state index is 13.1. The molecule has 3 aliphatic heterocycles. The summed E-state index contributed by atoms with van der Waals surface area (Å²) >= 11 is 0. The fraction of sp³-hybridized carbons (Fsp3) is 0.354. The van der Waals surface area contributed by atoms with E-state index in [2.05, 4.69) is 5.32 Å². The molecule has 0 bridgehead atoms. The standard InChI is InChI=1S/C48H50N2O12/c1-31-41(54-27-33-15-7-3-8-16-33)44(55-28-34-17-9-4-10-18-34)45(56-29-35-19-11-5-12-20-35)48(58-31)62-43-40(49-32(2)51)47(59-38-25-23-37(24-26-38)50(52)53)60-39-30-57-46(61-42(39)43)36-21-13-6-14-22-36/h3-26,31,39-48H,27-30H2,1-2H3,(H,49,51). The third-order valence-electron chi connectivity index (χ3n) is 11.0. The highest BCUT2D eigenvalue weighted by Gasteiger charge is 2.56. The number of hydrogen-bond acceptors (Lipinski definition) is 12. The van der Waals surface area contributed by atoms with Gasteiger partial charge in [0.05, 0.1) is 37.5 Å². The molecule has 0 aromatic heterocycles. The van der Waals surface area contributed by atoms with E-state index in [1.807, 2.05) is 128 Å². The first-order valence-electron chi connectivity index (χ1n) is 20.7. The number of carbonyl (C=O) groups excluding carboxylic acids is 1. The number of fused-ring (bicyclic) bond motifs is 1. The van der Waals surface area contributed by atoms with Crippen LogP contribution in [-0.2, 0) is 62.5 Å². The number of nitro benzene ring substituents is 1. The molecule has 11 atom stereocenters. The van der Waals surface area contributed by atoms with Crippen molar-refractivity contribution in [2.45, 2.75) is 101 Å². The minimum absolute atomic E-state index is 0.0884. The van der Waals surface area contributed by atoms with Crippen LogP contribution in [0.2, 0.25) is 0 Å². The predicted molar refractivity (Wildman–Crippen MR) is 224 cm³/mol.